The van der Waals surface area contributed by atoms with E-state index in [1.807, 2.05) is 61.5 Å². The minimum Gasteiger partial charge on any atom is -0.321 e. The van der Waals surface area contributed by atoms with Crippen LogP contribution >= 0.6 is 11.8 Å². The second kappa shape index (κ2) is 8.74. The molecule has 164 valence electrons. The third kappa shape index (κ3) is 4.67. The van der Waals surface area contributed by atoms with Gasteiger partial charge in [-0.2, -0.15) is 9.50 Å². The Balaban J connectivity index is 1.61. The zero-order valence-corrected chi connectivity index (χ0v) is 19.8. The van der Waals surface area contributed by atoms with Gasteiger partial charge in [-0.15, -0.1) is 5.10 Å². The Morgan fingerprint density at radius 2 is 1.78 bits per heavy atom. The van der Waals surface area contributed by atoms with Crippen LogP contribution in [0.1, 0.15) is 55.1 Å². The lowest BCUT2D eigenvalue weighted by Gasteiger charge is -2.19. The molecule has 0 aliphatic heterocycles. The number of carbonyl (C=O) groups excluding carboxylic acids is 1. The number of amides is 1. The molecule has 0 unspecified atom stereocenters. The number of hydrogen-bond donors (Lipinski definition) is 1. The lowest BCUT2D eigenvalue weighted by molar-refractivity contribution is 0.102. The summed E-state index contributed by atoms with van der Waals surface area (Å²) in [5, 5.41) is 8.46. The number of benzene rings is 2. The first-order valence-corrected chi connectivity index (χ1v) is 11.5. The molecule has 0 bridgehead atoms. The minimum absolute atomic E-state index is 0.0468. The van der Waals surface area contributed by atoms with Crippen molar-refractivity contribution in [3.63, 3.8) is 0 Å². The van der Waals surface area contributed by atoms with Gasteiger partial charge in [0.1, 0.15) is 10.9 Å². The van der Waals surface area contributed by atoms with E-state index >= 15 is 0 Å². The molecule has 0 fully saturated rings. The molecule has 4 rings (SSSR count). The first kappa shape index (κ1) is 22.0. The van der Waals surface area contributed by atoms with Crippen LogP contribution < -0.4 is 5.32 Å². The van der Waals surface area contributed by atoms with E-state index in [9.17, 15) is 4.79 Å². The second-order valence-electron chi connectivity index (χ2n) is 8.69. The summed E-state index contributed by atoms with van der Waals surface area (Å²) < 4.78 is 1.75. The number of para-hydroxylation sites is 1. The predicted molar refractivity (Wildman–Crippen MR) is 129 cm³/mol. The first-order valence-electron chi connectivity index (χ1n) is 10.7. The largest absolute Gasteiger partial charge is 0.321 e. The van der Waals surface area contributed by atoms with Crippen LogP contribution in [0, 0.1) is 6.92 Å². The summed E-state index contributed by atoms with van der Waals surface area (Å²) in [7, 11) is 0. The molecule has 2 aromatic heterocycles. The van der Waals surface area contributed by atoms with Crippen LogP contribution in [0.25, 0.3) is 5.78 Å². The fraction of sp³-hybridized carbons (Fsp3) is 0.280. The molecule has 2 heterocycles. The quantitative estimate of drug-likeness (QED) is 0.399. The highest BCUT2D eigenvalue weighted by atomic mass is 32.2. The van der Waals surface area contributed by atoms with Crippen molar-refractivity contribution < 1.29 is 4.79 Å². The molecule has 0 aliphatic rings. The Labute approximate surface area is 192 Å². The van der Waals surface area contributed by atoms with Gasteiger partial charge in [-0.05, 0) is 54.7 Å². The molecule has 0 atom stereocenters. The van der Waals surface area contributed by atoms with Gasteiger partial charge in [-0.25, -0.2) is 4.98 Å². The minimum atomic E-state index is -0.135. The van der Waals surface area contributed by atoms with E-state index in [0.717, 1.165) is 27.7 Å². The van der Waals surface area contributed by atoms with E-state index in [1.54, 1.807) is 4.52 Å². The SMILES string of the molecule is CCc1cc(Sc2ccccc2NC(=O)c2ccc(C(C)(C)C)cc2)n2nc(C)nc2n1. The Morgan fingerprint density at radius 3 is 2.47 bits per heavy atom. The number of aryl methyl sites for hydroxylation is 2. The maximum atomic E-state index is 12.9. The molecule has 1 amide bonds. The fourth-order valence-corrected chi connectivity index (χ4v) is 4.33. The van der Waals surface area contributed by atoms with Gasteiger partial charge in [0.05, 0.1) is 5.69 Å². The summed E-state index contributed by atoms with van der Waals surface area (Å²) in [4.78, 5) is 22.8. The Kier molecular flexibility index (Phi) is 6.02. The molecular formula is C25H27N5OS. The van der Waals surface area contributed by atoms with Crippen LogP contribution in [0.15, 0.2) is 64.5 Å². The maximum Gasteiger partial charge on any atom is 0.255 e. The standard InChI is InChI=1S/C25H27N5OS/c1-6-19-15-22(30-24(27-19)26-16(2)29-30)32-21-10-8-7-9-20(21)28-23(31)17-11-13-18(14-12-17)25(3,4)5/h7-15H,6H2,1-5H3,(H,28,31). The van der Waals surface area contributed by atoms with E-state index < -0.39 is 0 Å². The van der Waals surface area contributed by atoms with Crippen molar-refractivity contribution >= 4 is 29.1 Å². The summed E-state index contributed by atoms with van der Waals surface area (Å²) in [6, 6.07) is 17.6. The molecule has 0 spiro atoms. The second-order valence-corrected chi connectivity index (χ2v) is 9.75. The molecule has 0 aliphatic carbocycles. The van der Waals surface area contributed by atoms with Crippen molar-refractivity contribution in [1.82, 2.24) is 19.6 Å². The average molecular weight is 446 g/mol. The third-order valence-corrected chi connectivity index (χ3v) is 6.24. The van der Waals surface area contributed by atoms with Crippen LogP contribution in [0.2, 0.25) is 0 Å². The molecule has 6 nitrogen and oxygen atoms in total. The summed E-state index contributed by atoms with van der Waals surface area (Å²) in [6.45, 7) is 10.4. The first-order chi connectivity index (χ1) is 15.2. The highest BCUT2D eigenvalue weighted by Crippen LogP contribution is 2.34. The molecule has 2 aromatic carbocycles. The monoisotopic (exact) mass is 445 g/mol. The van der Waals surface area contributed by atoms with Crippen LogP contribution in [-0.2, 0) is 11.8 Å². The zero-order valence-electron chi connectivity index (χ0n) is 19.0. The Bertz CT molecular complexity index is 1270. The van der Waals surface area contributed by atoms with Gasteiger partial charge in [0, 0.05) is 16.2 Å². The van der Waals surface area contributed by atoms with Gasteiger partial charge in [0.2, 0.25) is 0 Å². The smallest absolute Gasteiger partial charge is 0.255 e. The van der Waals surface area contributed by atoms with Gasteiger partial charge in [-0.3, -0.25) is 4.79 Å². The summed E-state index contributed by atoms with van der Waals surface area (Å²) in [6.07, 6.45) is 0.804. The van der Waals surface area contributed by atoms with Crippen molar-refractivity contribution in [2.24, 2.45) is 0 Å². The number of fused-ring (bicyclic) bond motifs is 1. The van der Waals surface area contributed by atoms with Crippen molar-refractivity contribution in [2.75, 3.05) is 5.32 Å². The third-order valence-electron chi connectivity index (χ3n) is 5.16. The summed E-state index contributed by atoms with van der Waals surface area (Å²) in [5.41, 5.74) is 3.58. The van der Waals surface area contributed by atoms with Crippen LogP contribution in [0.5, 0.6) is 0 Å². The van der Waals surface area contributed by atoms with Crippen LogP contribution in [0.4, 0.5) is 5.69 Å². The number of nitrogens with zero attached hydrogens (tertiary/aromatic N) is 4. The van der Waals surface area contributed by atoms with E-state index in [4.69, 9.17) is 0 Å². The summed E-state index contributed by atoms with van der Waals surface area (Å²) in [5.74, 6) is 1.13. The maximum absolute atomic E-state index is 12.9. The van der Waals surface area contributed by atoms with E-state index in [1.165, 1.54) is 17.3 Å². The van der Waals surface area contributed by atoms with Gasteiger partial charge < -0.3 is 5.32 Å². The number of anilines is 1. The van der Waals surface area contributed by atoms with E-state index in [2.05, 4.69) is 48.1 Å². The molecule has 0 saturated carbocycles. The van der Waals surface area contributed by atoms with Crippen LogP contribution in [-0.4, -0.2) is 25.5 Å². The number of rotatable bonds is 5. The number of hydrogen-bond acceptors (Lipinski definition) is 5. The van der Waals surface area contributed by atoms with Gasteiger partial charge >= 0.3 is 0 Å². The fourth-order valence-electron chi connectivity index (χ4n) is 3.33. The number of aromatic nitrogens is 4. The van der Waals surface area contributed by atoms with Crippen LogP contribution in [0.3, 0.4) is 0 Å². The normalized spacial score (nSPS) is 11.7. The average Bonchev–Trinajstić information content (AvgIpc) is 3.14. The molecule has 7 heteroatoms. The lowest BCUT2D eigenvalue weighted by atomic mass is 9.87. The molecule has 0 radical (unpaired) electrons. The molecule has 32 heavy (non-hydrogen) atoms. The van der Waals surface area contributed by atoms with Crippen molar-refractivity contribution in [2.45, 2.75) is 56.4 Å². The molecule has 0 saturated heterocycles. The number of nitrogens with one attached hydrogen (secondary N) is 1. The van der Waals surface area contributed by atoms with Gasteiger partial charge in [0.15, 0.2) is 0 Å². The van der Waals surface area contributed by atoms with E-state index in [-0.39, 0.29) is 11.3 Å². The van der Waals surface area contributed by atoms with Crippen molar-refractivity contribution in [1.29, 1.82) is 0 Å². The van der Waals surface area contributed by atoms with Crippen molar-refractivity contribution in [3.8, 4) is 0 Å². The molecular weight excluding hydrogens is 418 g/mol. The van der Waals surface area contributed by atoms with Gasteiger partial charge in [-0.1, -0.05) is 63.7 Å². The predicted octanol–water partition coefficient (Wildman–Crippen LogP) is 5.70. The van der Waals surface area contributed by atoms with Gasteiger partial charge in [0.25, 0.3) is 11.7 Å². The lowest BCUT2D eigenvalue weighted by Crippen LogP contribution is -2.14. The van der Waals surface area contributed by atoms with E-state index in [0.29, 0.717) is 17.2 Å². The Morgan fingerprint density at radius 1 is 1.06 bits per heavy atom. The molecule has 1 N–H and O–H groups in total. The topological polar surface area (TPSA) is 72.2 Å². The highest BCUT2D eigenvalue weighted by molar-refractivity contribution is 7.99. The Hall–Kier alpha value is -3.19. The highest BCUT2D eigenvalue weighted by Gasteiger charge is 2.16. The number of carbonyl (C=O) groups is 1. The zero-order chi connectivity index (χ0) is 22.9. The summed E-state index contributed by atoms with van der Waals surface area (Å²) >= 11 is 1.54. The molecule has 4 aromatic rings. The van der Waals surface area contributed by atoms with Crippen molar-refractivity contribution in [3.05, 3.63) is 77.2 Å².